The molecule has 0 unspecified atom stereocenters. The average molecular weight is 387 g/mol. The fourth-order valence-corrected chi connectivity index (χ4v) is 2.69. The predicted octanol–water partition coefficient (Wildman–Crippen LogP) is 4.46. The molecule has 0 aromatic heterocycles. The number of amides is 3. The predicted molar refractivity (Wildman–Crippen MR) is 114 cm³/mol. The van der Waals surface area contributed by atoms with E-state index in [9.17, 15) is 14.4 Å². The van der Waals surface area contributed by atoms with E-state index >= 15 is 0 Å². The van der Waals surface area contributed by atoms with Crippen LogP contribution >= 0.6 is 0 Å². The van der Waals surface area contributed by atoms with Gasteiger partial charge in [0.15, 0.2) is 0 Å². The van der Waals surface area contributed by atoms with Gasteiger partial charge >= 0.3 is 0 Å². The third-order valence-electron chi connectivity index (χ3n) is 4.16. The van der Waals surface area contributed by atoms with Crippen LogP contribution in [0.1, 0.15) is 33.2 Å². The lowest BCUT2D eigenvalue weighted by molar-refractivity contribution is -0.114. The molecule has 29 heavy (non-hydrogen) atoms. The van der Waals surface area contributed by atoms with Crippen LogP contribution in [-0.4, -0.2) is 17.7 Å². The first-order valence-electron chi connectivity index (χ1n) is 9.08. The van der Waals surface area contributed by atoms with Gasteiger partial charge in [0.1, 0.15) is 0 Å². The molecule has 146 valence electrons. The second kappa shape index (κ2) is 8.84. The van der Waals surface area contributed by atoms with Crippen molar-refractivity contribution in [3.63, 3.8) is 0 Å². The summed E-state index contributed by atoms with van der Waals surface area (Å²) in [4.78, 5) is 36.0. The van der Waals surface area contributed by atoms with Crippen molar-refractivity contribution in [3.05, 3.63) is 89.5 Å². The fourth-order valence-electron chi connectivity index (χ4n) is 2.69. The van der Waals surface area contributed by atoms with E-state index in [1.54, 1.807) is 60.7 Å². The minimum Gasteiger partial charge on any atom is -0.326 e. The van der Waals surface area contributed by atoms with Crippen molar-refractivity contribution in [3.8, 4) is 0 Å². The Morgan fingerprint density at radius 2 is 1.17 bits per heavy atom. The molecule has 0 atom stereocenters. The van der Waals surface area contributed by atoms with Crippen molar-refractivity contribution in [2.45, 2.75) is 13.8 Å². The largest absolute Gasteiger partial charge is 0.326 e. The maximum atomic E-state index is 12.5. The first kappa shape index (κ1) is 19.8. The zero-order valence-corrected chi connectivity index (χ0v) is 16.2. The van der Waals surface area contributed by atoms with Gasteiger partial charge in [-0.25, -0.2) is 0 Å². The quantitative estimate of drug-likeness (QED) is 0.604. The molecule has 0 saturated carbocycles. The van der Waals surface area contributed by atoms with Crippen LogP contribution in [0.3, 0.4) is 0 Å². The lowest BCUT2D eigenvalue weighted by Gasteiger charge is -2.09. The normalized spacial score (nSPS) is 10.1. The smallest absolute Gasteiger partial charge is 0.255 e. The summed E-state index contributed by atoms with van der Waals surface area (Å²) in [6.07, 6.45) is 0. The topological polar surface area (TPSA) is 87.3 Å². The lowest BCUT2D eigenvalue weighted by atomic mass is 10.1. The highest BCUT2D eigenvalue weighted by Gasteiger charge is 2.10. The van der Waals surface area contributed by atoms with Crippen LogP contribution in [0.25, 0.3) is 0 Å². The highest BCUT2D eigenvalue weighted by atomic mass is 16.2. The molecule has 0 aliphatic carbocycles. The highest BCUT2D eigenvalue weighted by molar-refractivity contribution is 6.07. The second-order valence-corrected chi connectivity index (χ2v) is 6.61. The number of hydrogen-bond acceptors (Lipinski definition) is 3. The monoisotopic (exact) mass is 387 g/mol. The first-order chi connectivity index (χ1) is 13.9. The molecule has 6 heteroatoms. The molecule has 6 nitrogen and oxygen atoms in total. The van der Waals surface area contributed by atoms with E-state index in [0.717, 1.165) is 5.56 Å². The van der Waals surface area contributed by atoms with Crippen molar-refractivity contribution in [2.24, 2.45) is 0 Å². The van der Waals surface area contributed by atoms with Gasteiger partial charge < -0.3 is 16.0 Å². The van der Waals surface area contributed by atoms with Crippen LogP contribution < -0.4 is 16.0 Å². The summed E-state index contributed by atoms with van der Waals surface area (Å²) >= 11 is 0. The third-order valence-corrected chi connectivity index (χ3v) is 4.16. The maximum Gasteiger partial charge on any atom is 0.255 e. The van der Waals surface area contributed by atoms with Crippen LogP contribution in [0.4, 0.5) is 17.1 Å². The number of carbonyl (C=O) groups is 3. The van der Waals surface area contributed by atoms with Gasteiger partial charge in [-0.2, -0.15) is 0 Å². The van der Waals surface area contributed by atoms with E-state index in [-0.39, 0.29) is 17.7 Å². The molecule has 3 amide bonds. The summed E-state index contributed by atoms with van der Waals surface area (Å²) in [6, 6.07) is 20.8. The second-order valence-electron chi connectivity index (χ2n) is 6.61. The molecule has 3 N–H and O–H groups in total. The van der Waals surface area contributed by atoms with Crippen molar-refractivity contribution in [1.82, 2.24) is 0 Å². The van der Waals surface area contributed by atoms with Gasteiger partial charge in [0, 0.05) is 35.1 Å². The fraction of sp³-hybridized carbons (Fsp3) is 0.0870. The number of hydrogen-bond donors (Lipinski definition) is 3. The molecule has 0 heterocycles. The Labute approximate surface area is 169 Å². The Balaban J connectivity index is 1.66. The summed E-state index contributed by atoms with van der Waals surface area (Å²) in [6.45, 7) is 3.39. The molecule has 3 aromatic carbocycles. The van der Waals surface area contributed by atoms with Gasteiger partial charge in [0.2, 0.25) is 5.91 Å². The van der Waals surface area contributed by atoms with Crippen LogP contribution in [0.2, 0.25) is 0 Å². The molecule has 0 saturated heterocycles. The van der Waals surface area contributed by atoms with Crippen molar-refractivity contribution in [2.75, 3.05) is 16.0 Å². The molecule has 0 aliphatic rings. The zero-order chi connectivity index (χ0) is 20.8. The summed E-state index contributed by atoms with van der Waals surface area (Å²) in [5.41, 5.74) is 3.81. The molecule has 3 rings (SSSR count). The third kappa shape index (κ3) is 5.52. The van der Waals surface area contributed by atoms with Gasteiger partial charge in [0.25, 0.3) is 11.8 Å². The molecule has 0 fully saturated rings. The van der Waals surface area contributed by atoms with E-state index in [1.165, 1.54) is 6.92 Å². The van der Waals surface area contributed by atoms with E-state index < -0.39 is 0 Å². The minimum atomic E-state index is -0.302. The number of aryl methyl sites for hydroxylation is 1. The van der Waals surface area contributed by atoms with Crippen molar-refractivity contribution >= 4 is 34.8 Å². The average Bonchev–Trinajstić information content (AvgIpc) is 2.70. The van der Waals surface area contributed by atoms with E-state index in [0.29, 0.717) is 28.2 Å². The van der Waals surface area contributed by atoms with E-state index in [1.807, 2.05) is 19.1 Å². The molecule has 0 radical (unpaired) electrons. The summed E-state index contributed by atoms with van der Waals surface area (Å²) in [5, 5.41) is 8.26. The number of rotatable bonds is 5. The van der Waals surface area contributed by atoms with Crippen LogP contribution in [-0.2, 0) is 4.79 Å². The molecule has 0 aliphatic heterocycles. The molecular formula is C23H21N3O3. The highest BCUT2D eigenvalue weighted by Crippen LogP contribution is 2.17. The van der Waals surface area contributed by atoms with Crippen molar-refractivity contribution < 1.29 is 14.4 Å². The first-order valence-corrected chi connectivity index (χ1v) is 9.08. The molecule has 0 spiro atoms. The zero-order valence-electron chi connectivity index (χ0n) is 16.2. The Kier molecular flexibility index (Phi) is 6.04. The standard InChI is InChI=1S/C23H21N3O3/c1-15-6-8-17(9-7-15)22(28)26-21-5-3-4-18(14-21)23(29)25-20-12-10-19(11-13-20)24-16(2)27/h3-14H,1-2H3,(H,24,27)(H,25,29)(H,26,28). The Hall–Kier alpha value is -3.93. The van der Waals surface area contributed by atoms with Crippen LogP contribution in [0.15, 0.2) is 72.8 Å². The van der Waals surface area contributed by atoms with Gasteiger partial charge in [-0.15, -0.1) is 0 Å². The van der Waals surface area contributed by atoms with E-state index in [2.05, 4.69) is 16.0 Å². The molecular weight excluding hydrogens is 366 g/mol. The Bertz CT molecular complexity index is 1040. The number of anilines is 3. The summed E-state index contributed by atoms with van der Waals surface area (Å²) in [5.74, 6) is -0.703. The van der Waals surface area contributed by atoms with Gasteiger partial charge in [0.05, 0.1) is 0 Å². The number of nitrogens with one attached hydrogen (secondary N) is 3. The SMILES string of the molecule is CC(=O)Nc1ccc(NC(=O)c2cccc(NC(=O)c3ccc(C)cc3)c2)cc1. The molecule has 3 aromatic rings. The minimum absolute atomic E-state index is 0.161. The maximum absolute atomic E-state index is 12.5. The lowest BCUT2D eigenvalue weighted by Crippen LogP contribution is -2.14. The van der Waals surface area contributed by atoms with Crippen LogP contribution in [0, 0.1) is 6.92 Å². The molecule has 0 bridgehead atoms. The van der Waals surface area contributed by atoms with Crippen molar-refractivity contribution in [1.29, 1.82) is 0 Å². The number of carbonyl (C=O) groups excluding carboxylic acids is 3. The Morgan fingerprint density at radius 1 is 0.621 bits per heavy atom. The van der Waals surface area contributed by atoms with Crippen LogP contribution in [0.5, 0.6) is 0 Å². The Morgan fingerprint density at radius 3 is 1.79 bits per heavy atom. The van der Waals surface area contributed by atoms with Gasteiger partial charge in [-0.05, 0) is 61.5 Å². The summed E-state index contributed by atoms with van der Waals surface area (Å²) < 4.78 is 0. The van der Waals surface area contributed by atoms with Gasteiger partial charge in [-0.1, -0.05) is 23.8 Å². The van der Waals surface area contributed by atoms with E-state index in [4.69, 9.17) is 0 Å². The number of benzene rings is 3. The summed E-state index contributed by atoms with van der Waals surface area (Å²) in [7, 11) is 0. The van der Waals surface area contributed by atoms with Gasteiger partial charge in [-0.3, -0.25) is 14.4 Å².